The molecule has 2 aromatic rings. The normalized spacial score (nSPS) is 15.9. The van der Waals surface area contributed by atoms with Gasteiger partial charge in [0.15, 0.2) is 11.5 Å². The van der Waals surface area contributed by atoms with Gasteiger partial charge in [-0.15, -0.1) is 0 Å². The number of rotatable bonds is 8. The third-order valence-electron chi connectivity index (χ3n) is 4.93. The molecule has 1 heterocycles. The Labute approximate surface area is 181 Å². The fraction of sp³-hybridized carbons (Fsp3) is 0.304. The maximum atomic E-state index is 13.0. The molecule has 164 valence electrons. The van der Waals surface area contributed by atoms with Crippen molar-refractivity contribution in [2.75, 3.05) is 34.5 Å². The minimum Gasteiger partial charge on any atom is -0.497 e. The minimum absolute atomic E-state index is 0.0289. The van der Waals surface area contributed by atoms with E-state index in [2.05, 4.69) is 5.32 Å². The maximum Gasteiger partial charge on any atom is 0.338 e. The molecular weight excluding hydrogens is 400 g/mol. The van der Waals surface area contributed by atoms with E-state index >= 15 is 0 Å². The smallest absolute Gasteiger partial charge is 0.338 e. The molecule has 0 radical (unpaired) electrons. The van der Waals surface area contributed by atoms with Gasteiger partial charge in [0.2, 0.25) is 0 Å². The van der Waals surface area contributed by atoms with Crippen molar-refractivity contribution in [3.63, 3.8) is 0 Å². The van der Waals surface area contributed by atoms with Gasteiger partial charge in [0.05, 0.1) is 38.1 Å². The number of hydrogen-bond acceptors (Lipinski definition) is 6. The van der Waals surface area contributed by atoms with Crippen LogP contribution in [0.1, 0.15) is 18.5 Å². The molecule has 2 aromatic carbocycles. The summed E-state index contributed by atoms with van der Waals surface area (Å²) in [5.74, 6) is 1.13. The molecule has 8 nitrogen and oxygen atoms in total. The summed E-state index contributed by atoms with van der Waals surface area (Å²) in [5, 5.41) is 2.87. The summed E-state index contributed by atoms with van der Waals surface area (Å²) in [4.78, 5) is 27.0. The number of esters is 1. The van der Waals surface area contributed by atoms with Gasteiger partial charge < -0.3 is 24.3 Å². The van der Waals surface area contributed by atoms with Crippen LogP contribution >= 0.6 is 0 Å². The molecule has 0 saturated carbocycles. The van der Waals surface area contributed by atoms with Gasteiger partial charge in [-0.05, 0) is 36.8 Å². The summed E-state index contributed by atoms with van der Waals surface area (Å²) in [6.45, 7) is 1.90. The topological polar surface area (TPSA) is 86.3 Å². The van der Waals surface area contributed by atoms with Crippen molar-refractivity contribution < 1.29 is 28.5 Å². The molecule has 0 aliphatic carbocycles. The Morgan fingerprint density at radius 3 is 2.48 bits per heavy atom. The van der Waals surface area contributed by atoms with E-state index in [1.165, 1.54) is 4.90 Å². The molecule has 0 saturated heterocycles. The van der Waals surface area contributed by atoms with E-state index < -0.39 is 12.0 Å². The first-order valence-electron chi connectivity index (χ1n) is 9.84. The van der Waals surface area contributed by atoms with Crippen LogP contribution in [-0.4, -0.2) is 51.4 Å². The highest BCUT2D eigenvalue weighted by atomic mass is 16.5. The summed E-state index contributed by atoms with van der Waals surface area (Å²) in [7, 11) is 4.68. The summed E-state index contributed by atoms with van der Waals surface area (Å²) in [6.07, 6.45) is 0. The third-order valence-corrected chi connectivity index (χ3v) is 4.93. The highest BCUT2D eigenvalue weighted by Gasteiger charge is 2.37. The molecule has 8 heteroatoms. The number of nitrogens with one attached hydrogen (secondary N) is 1. The van der Waals surface area contributed by atoms with Crippen molar-refractivity contribution in [3.05, 3.63) is 65.4 Å². The largest absolute Gasteiger partial charge is 0.497 e. The zero-order valence-corrected chi connectivity index (χ0v) is 18.0. The van der Waals surface area contributed by atoms with E-state index in [-0.39, 0.29) is 19.2 Å². The third kappa shape index (κ3) is 4.74. The minimum atomic E-state index is -0.714. The first-order chi connectivity index (χ1) is 15.0. The quantitative estimate of drug-likeness (QED) is 0.652. The van der Waals surface area contributed by atoms with E-state index in [9.17, 15) is 9.59 Å². The van der Waals surface area contributed by atoms with Gasteiger partial charge in [0.25, 0.3) is 0 Å². The van der Waals surface area contributed by atoms with E-state index in [1.54, 1.807) is 58.5 Å². The Morgan fingerprint density at radius 1 is 1.06 bits per heavy atom. The number of hydrogen-bond donors (Lipinski definition) is 1. The van der Waals surface area contributed by atoms with E-state index in [4.69, 9.17) is 18.9 Å². The van der Waals surface area contributed by atoms with Crippen LogP contribution in [0.5, 0.6) is 17.2 Å². The second-order valence-electron chi connectivity index (χ2n) is 6.74. The van der Waals surface area contributed by atoms with Crippen molar-refractivity contribution in [1.29, 1.82) is 0 Å². The summed E-state index contributed by atoms with van der Waals surface area (Å²) < 4.78 is 21.9. The van der Waals surface area contributed by atoms with Crippen LogP contribution in [0.25, 0.3) is 0 Å². The molecule has 1 unspecified atom stereocenters. The van der Waals surface area contributed by atoms with Crippen LogP contribution in [-0.2, 0) is 9.53 Å². The Balaban J connectivity index is 2.05. The fourth-order valence-corrected chi connectivity index (χ4v) is 3.34. The molecule has 0 aromatic heterocycles. The van der Waals surface area contributed by atoms with Gasteiger partial charge in [-0.2, -0.15) is 0 Å². The summed E-state index contributed by atoms with van der Waals surface area (Å²) >= 11 is 0. The Kier molecular flexibility index (Phi) is 7.02. The molecule has 0 bridgehead atoms. The Hall–Kier alpha value is -3.68. The van der Waals surface area contributed by atoms with Gasteiger partial charge in [-0.25, -0.2) is 9.59 Å². The molecule has 1 atom stereocenters. The second kappa shape index (κ2) is 9.88. The van der Waals surface area contributed by atoms with Gasteiger partial charge in [-0.3, -0.25) is 4.90 Å². The summed E-state index contributed by atoms with van der Waals surface area (Å²) in [6, 6.07) is 13.3. The number of urea groups is 1. The van der Waals surface area contributed by atoms with Crippen molar-refractivity contribution in [2.24, 2.45) is 0 Å². The number of benzene rings is 2. The number of ether oxygens (including phenoxy) is 4. The highest BCUT2D eigenvalue weighted by Crippen LogP contribution is 2.33. The van der Waals surface area contributed by atoms with Gasteiger partial charge in [0.1, 0.15) is 12.4 Å². The van der Waals surface area contributed by atoms with Gasteiger partial charge >= 0.3 is 12.0 Å². The van der Waals surface area contributed by atoms with Crippen LogP contribution in [0.15, 0.2) is 59.8 Å². The van der Waals surface area contributed by atoms with Crippen molar-refractivity contribution >= 4 is 12.0 Å². The van der Waals surface area contributed by atoms with Gasteiger partial charge in [-0.1, -0.05) is 24.3 Å². The van der Waals surface area contributed by atoms with Crippen molar-refractivity contribution in [1.82, 2.24) is 10.2 Å². The molecule has 1 aliphatic heterocycles. The van der Waals surface area contributed by atoms with Crippen LogP contribution < -0.4 is 19.5 Å². The number of amides is 2. The Bertz CT molecular complexity index is 988. The first-order valence-corrected chi connectivity index (χ1v) is 9.84. The zero-order chi connectivity index (χ0) is 22.4. The lowest BCUT2D eigenvalue weighted by atomic mass is 9.94. The number of methoxy groups -OCH3 is 2. The van der Waals surface area contributed by atoms with E-state index in [1.807, 2.05) is 18.2 Å². The molecule has 2 amide bonds. The standard InChI is InChI=1S/C23H26N2O6/c1-5-30-22(26)20-17(14-31-19-12-7-6-11-18(19)29-4)25(2)23(27)24-21(20)15-9-8-10-16(13-15)28-3/h6-13,21H,5,14H2,1-4H3,(H,24,27). The van der Waals surface area contributed by atoms with Gasteiger partial charge in [0, 0.05) is 7.05 Å². The van der Waals surface area contributed by atoms with Crippen molar-refractivity contribution in [2.45, 2.75) is 13.0 Å². The molecule has 0 spiro atoms. The van der Waals surface area contributed by atoms with Crippen LogP contribution in [0.2, 0.25) is 0 Å². The number of likely N-dealkylation sites (N-methyl/N-ethyl adjacent to an activating group) is 1. The lowest BCUT2D eigenvalue weighted by molar-refractivity contribution is -0.139. The Morgan fingerprint density at radius 2 is 1.81 bits per heavy atom. The van der Waals surface area contributed by atoms with Crippen LogP contribution in [0.3, 0.4) is 0 Å². The summed E-state index contributed by atoms with van der Waals surface area (Å²) in [5.41, 5.74) is 1.40. The second-order valence-corrected chi connectivity index (χ2v) is 6.74. The molecule has 0 fully saturated rings. The monoisotopic (exact) mass is 426 g/mol. The lowest BCUT2D eigenvalue weighted by Gasteiger charge is -2.34. The van der Waals surface area contributed by atoms with E-state index in [0.717, 1.165) is 0 Å². The lowest BCUT2D eigenvalue weighted by Crippen LogP contribution is -2.48. The molecule has 31 heavy (non-hydrogen) atoms. The SMILES string of the molecule is CCOC(=O)C1=C(COc2ccccc2OC)N(C)C(=O)NC1c1cccc(OC)c1. The number of nitrogens with zero attached hydrogens (tertiary/aromatic N) is 1. The molecule has 1 N–H and O–H groups in total. The molecular formula is C23H26N2O6. The van der Waals surface area contributed by atoms with Crippen molar-refractivity contribution in [3.8, 4) is 17.2 Å². The average molecular weight is 426 g/mol. The van der Waals surface area contributed by atoms with E-state index in [0.29, 0.717) is 34.1 Å². The number of carbonyl (C=O) groups excluding carboxylic acids is 2. The average Bonchev–Trinajstić information content (AvgIpc) is 2.80. The maximum absolute atomic E-state index is 13.0. The van der Waals surface area contributed by atoms with Crippen LogP contribution in [0.4, 0.5) is 4.79 Å². The van der Waals surface area contributed by atoms with Crippen LogP contribution in [0, 0.1) is 0 Å². The highest BCUT2D eigenvalue weighted by molar-refractivity contribution is 5.95. The predicted octanol–water partition coefficient (Wildman–Crippen LogP) is 3.30. The molecule has 1 aliphatic rings. The fourth-order valence-electron chi connectivity index (χ4n) is 3.34. The molecule has 3 rings (SSSR count). The first kappa shape index (κ1) is 22.0. The number of carbonyl (C=O) groups is 2. The number of para-hydroxylation sites is 2. The zero-order valence-electron chi connectivity index (χ0n) is 18.0. The predicted molar refractivity (Wildman–Crippen MR) is 114 cm³/mol.